The zero-order valence-corrected chi connectivity index (χ0v) is 11.0. The fraction of sp³-hybridized carbons (Fsp3) is 0.0667. The van der Waals surface area contributed by atoms with Crippen LogP contribution in [0, 0.1) is 6.92 Å². The van der Waals surface area contributed by atoms with Crippen molar-refractivity contribution >= 4 is 23.2 Å². The minimum absolute atomic E-state index is 0.285. The molecule has 0 aliphatic heterocycles. The van der Waals surface area contributed by atoms with Crippen LogP contribution in [0.4, 0.5) is 11.4 Å². The van der Waals surface area contributed by atoms with Gasteiger partial charge in [-0.3, -0.25) is 9.59 Å². The molecular formula is C15H15N3O2. The quantitative estimate of drug-likeness (QED) is 0.742. The Morgan fingerprint density at radius 3 is 2.25 bits per heavy atom. The van der Waals surface area contributed by atoms with E-state index in [9.17, 15) is 9.59 Å². The molecule has 2 aromatic rings. The molecule has 0 heterocycles. The highest BCUT2D eigenvalue weighted by Gasteiger charge is 2.12. The van der Waals surface area contributed by atoms with Crippen LogP contribution in [0.1, 0.15) is 26.3 Å². The number of hydrogen-bond donors (Lipinski definition) is 3. The first-order chi connectivity index (χ1) is 9.49. The number of nitrogen functional groups attached to an aromatic ring is 1. The highest BCUT2D eigenvalue weighted by atomic mass is 16.2. The Hall–Kier alpha value is -2.82. The van der Waals surface area contributed by atoms with Gasteiger partial charge in [0.25, 0.3) is 5.91 Å². The van der Waals surface area contributed by atoms with Gasteiger partial charge in [0.15, 0.2) is 0 Å². The third-order valence-corrected chi connectivity index (χ3v) is 2.96. The summed E-state index contributed by atoms with van der Waals surface area (Å²) in [5, 5.41) is 2.73. The van der Waals surface area contributed by atoms with E-state index in [4.69, 9.17) is 11.5 Å². The number of nitrogens with one attached hydrogen (secondary N) is 1. The molecule has 2 amide bonds. The number of nitrogens with two attached hydrogens (primary N) is 2. The molecule has 0 fully saturated rings. The van der Waals surface area contributed by atoms with Crippen LogP contribution >= 0.6 is 0 Å². The zero-order valence-electron chi connectivity index (χ0n) is 11.0. The first-order valence-corrected chi connectivity index (χ1v) is 6.05. The maximum atomic E-state index is 12.2. The van der Waals surface area contributed by atoms with Crippen molar-refractivity contribution in [2.45, 2.75) is 6.92 Å². The molecule has 5 heteroatoms. The summed E-state index contributed by atoms with van der Waals surface area (Å²) in [6, 6.07) is 11.6. The molecule has 0 radical (unpaired) electrons. The first-order valence-electron chi connectivity index (χ1n) is 6.05. The third-order valence-electron chi connectivity index (χ3n) is 2.96. The number of amides is 2. The number of anilines is 2. The van der Waals surface area contributed by atoms with Crippen molar-refractivity contribution in [1.29, 1.82) is 0 Å². The van der Waals surface area contributed by atoms with Gasteiger partial charge in [0.2, 0.25) is 5.91 Å². The summed E-state index contributed by atoms with van der Waals surface area (Å²) in [4.78, 5) is 23.2. The predicted molar refractivity (Wildman–Crippen MR) is 78.5 cm³/mol. The molecule has 0 aromatic heterocycles. The molecule has 0 aliphatic rings. The van der Waals surface area contributed by atoms with Gasteiger partial charge < -0.3 is 16.8 Å². The average Bonchev–Trinajstić information content (AvgIpc) is 2.39. The highest BCUT2D eigenvalue weighted by molar-refractivity contribution is 6.08. The van der Waals surface area contributed by atoms with E-state index in [1.807, 2.05) is 13.0 Å². The van der Waals surface area contributed by atoms with Crippen LogP contribution < -0.4 is 16.8 Å². The summed E-state index contributed by atoms with van der Waals surface area (Å²) in [5.74, 6) is -0.793. The van der Waals surface area contributed by atoms with E-state index in [0.29, 0.717) is 22.5 Å². The molecule has 0 atom stereocenters. The second-order valence-electron chi connectivity index (χ2n) is 4.43. The van der Waals surface area contributed by atoms with E-state index in [2.05, 4.69) is 5.32 Å². The van der Waals surface area contributed by atoms with Gasteiger partial charge in [-0.05, 0) is 42.8 Å². The van der Waals surface area contributed by atoms with Gasteiger partial charge in [-0.2, -0.15) is 0 Å². The Labute approximate surface area is 116 Å². The molecule has 2 rings (SSSR count). The van der Waals surface area contributed by atoms with Gasteiger partial charge in [-0.25, -0.2) is 0 Å². The molecule has 0 unspecified atom stereocenters. The van der Waals surface area contributed by atoms with E-state index in [1.165, 1.54) is 0 Å². The van der Waals surface area contributed by atoms with Crippen molar-refractivity contribution < 1.29 is 9.59 Å². The molecule has 2 aromatic carbocycles. The van der Waals surface area contributed by atoms with Crippen LogP contribution in [0.3, 0.4) is 0 Å². The molecule has 0 spiro atoms. The summed E-state index contributed by atoms with van der Waals surface area (Å²) >= 11 is 0. The fourth-order valence-corrected chi connectivity index (χ4v) is 1.91. The van der Waals surface area contributed by atoms with Gasteiger partial charge in [0, 0.05) is 16.9 Å². The van der Waals surface area contributed by atoms with Crippen LogP contribution in [-0.4, -0.2) is 11.8 Å². The van der Waals surface area contributed by atoms with E-state index in [-0.39, 0.29) is 5.91 Å². The van der Waals surface area contributed by atoms with Crippen molar-refractivity contribution in [3.8, 4) is 0 Å². The van der Waals surface area contributed by atoms with Gasteiger partial charge in [0.05, 0.1) is 5.56 Å². The van der Waals surface area contributed by atoms with E-state index < -0.39 is 5.91 Å². The molecule has 20 heavy (non-hydrogen) atoms. The predicted octanol–water partition coefficient (Wildman–Crippen LogP) is 1.93. The topological polar surface area (TPSA) is 98.2 Å². The minimum atomic E-state index is -0.508. The highest BCUT2D eigenvalue weighted by Crippen LogP contribution is 2.18. The monoisotopic (exact) mass is 269 g/mol. The molecular weight excluding hydrogens is 254 g/mol. The molecule has 0 bridgehead atoms. The second-order valence-corrected chi connectivity index (χ2v) is 4.43. The Balaban J connectivity index is 2.21. The third kappa shape index (κ3) is 2.77. The lowest BCUT2D eigenvalue weighted by atomic mass is 10.1. The van der Waals surface area contributed by atoms with Crippen molar-refractivity contribution in [1.82, 2.24) is 0 Å². The number of carbonyl (C=O) groups excluding carboxylic acids is 2. The van der Waals surface area contributed by atoms with Crippen molar-refractivity contribution in [2.75, 3.05) is 11.1 Å². The molecule has 5 nitrogen and oxygen atoms in total. The SMILES string of the molecule is Cc1cccc(N)c1C(=O)Nc1ccc(C(N)=O)cc1. The molecule has 102 valence electrons. The van der Waals surface area contributed by atoms with Crippen LogP contribution in [0.25, 0.3) is 0 Å². The summed E-state index contributed by atoms with van der Waals surface area (Å²) < 4.78 is 0. The normalized spacial score (nSPS) is 10.1. The summed E-state index contributed by atoms with van der Waals surface area (Å²) in [7, 11) is 0. The second kappa shape index (κ2) is 5.44. The fourth-order valence-electron chi connectivity index (χ4n) is 1.91. The van der Waals surface area contributed by atoms with E-state index in [0.717, 1.165) is 5.56 Å². The number of rotatable bonds is 3. The first kappa shape index (κ1) is 13.6. The smallest absolute Gasteiger partial charge is 0.258 e. The number of primary amides is 1. The zero-order chi connectivity index (χ0) is 14.7. The average molecular weight is 269 g/mol. The Bertz CT molecular complexity index is 643. The lowest BCUT2D eigenvalue weighted by Gasteiger charge is -2.10. The maximum Gasteiger partial charge on any atom is 0.258 e. The summed E-state index contributed by atoms with van der Waals surface area (Å²) in [5.41, 5.74) is 13.6. The van der Waals surface area contributed by atoms with Crippen molar-refractivity contribution in [2.24, 2.45) is 5.73 Å². The Morgan fingerprint density at radius 1 is 1.05 bits per heavy atom. The number of benzene rings is 2. The summed E-state index contributed by atoms with van der Waals surface area (Å²) in [6.45, 7) is 1.82. The number of hydrogen-bond acceptors (Lipinski definition) is 3. The van der Waals surface area contributed by atoms with Crippen molar-refractivity contribution in [3.63, 3.8) is 0 Å². The number of aryl methyl sites for hydroxylation is 1. The lowest BCUT2D eigenvalue weighted by Crippen LogP contribution is -2.16. The molecule has 5 N–H and O–H groups in total. The maximum absolute atomic E-state index is 12.2. The number of carbonyl (C=O) groups is 2. The molecule has 0 aliphatic carbocycles. The summed E-state index contributed by atoms with van der Waals surface area (Å²) in [6.07, 6.45) is 0. The lowest BCUT2D eigenvalue weighted by molar-refractivity contribution is 0.0998. The van der Waals surface area contributed by atoms with Crippen LogP contribution in [0.2, 0.25) is 0 Å². The van der Waals surface area contributed by atoms with Gasteiger partial charge >= 0.3 is 0 Å². The standard InChI is InChI=1S/C15H15N3O2/c1-9-3-2-4-12(16)13(9)15(20)18-11-7-5-10(6-8-11)14(17)19/h2-8H,16H2,1H3,(H2,17,19)(H,18,20). The molecule has 0 saturated heterocycles. The van der Waals surface area contributed by atoms with Gasteiger partial charge in [-0.15, -0.1) is 0 Å². The van der Waals surface area contributed by atoms with E-state index >= 15 is 0 Å². The molecule has 0 saturated carbocycles. The largest absolute Gasteiger partial charge is 0.398 e. The van der Waals surface area contributed by atoms with Crippen molar-refractivity contribution in [3.05, 3.63) is 59.2 Å². The van der Waals surface area contributed by atoms with Gasteiger partial charge in [-0.1, -0.05) is 12.1 Å². The van der Waals surface area contributed by atoms with Crippen LogP contribution in [-0.2, 0) is 0 Å². The Morgan fingerprint density at radius 2 is 1.70 bits per heavy atom. The van der Waals surface area contributed by atoms with Gasteiger partial charge in [0.1, 0.15) is 0 Å². The van der Waals surface area contributed by atoms with Crippen LogP contribution in [0.5, 0.6) is 0 Å². The Kier molecular flexibility index (Phi) is 3.70. The van der Waals surface area contributed by atoms with Crippen LogP contribution in [0.15, 0.2) is 42.5 Å². The van der Waals surface area contributed by atoms with E-state index in [1.54, 1.807) is 36.4 Å². The minimum Gasteiger partial charge on any atom is -0.398 e.